The Bertz CT molecular complexity index is 882. The first kappa shape index (κ1) is 15.3. The van der Waals surface area contributed by atoms with Gasteiger partial charge in [-0.25, -0.2) is 5.01 Å². The van der Waals surface area contributed by atoms with Crippen LogP contribution in [0, 0.1) is 6.92 Å². The van der Waals surface area contributed by atoms with Crippen molar-refractivity contribution in [2.45, 2.75) is 19.4 Å². The molecule has 1 aliphatic heterocycles. The molecule has 0 spiro atoms. The molecule has 0 saturated heterocycles. The zero-order valence-electron chi connectivity index (χ0n) is 13.2. The van der Waals surface area contributed by atoms with E-state index in [1.807, 2.05) is 54.1 Å². The van der Waals surface area contributed by atoms with Crippen LogP contribution >= 0.6 is 22.7 Å². The molecule has 3 aromatic rings. The molecule has 0 saturated carbocycles. The number of carbonyl (C=O) groups excluding carboxylic acids is 1. The van der Waals surface area contributed by atoms with Crippen LogP contribution in [-0.2, 0) is 0 Å². The Labute approximate surface area is 148 Å². The lowest BCUT2D eigenvalue weighted by Crippen LogP contribution is -2.26. The summed E-state index contributed by atoms with van der Waals surface area (Å²) < 4.78 is 0. The van der Waals surface area contributed by atoms with E-state index in [1.54, 1.807) is 27.7 Å². The van der Waals surface area contributed by atoms with Crippen molar-refractivity contribution in [3.8, 4) is 0 Å². The first-order valence-corrected chi connectivity index (χ1v) is 9.53. The summed E-state index contributed by atoms with van der Waals surface area (Å²) in [5.74, 6) is -0.0383. The van der Waals surface area contributed by atoms with Gasteiger partial charge < -0.3 is 0 Å². The van der Waals surface area contributed by atoms with Crippen molar-refractivity contribution in [2.75, 3.05) is 0 Å². The molecule has 1 aliphatic rings. The van der Waals surface area contributed by atoms with Gasteiger partial charge in [0.1, 0.15) is 0 Å². The fraction of sp³-hybridized carbons (Fsp3) is 0.158. The topological polar surface area (TPSA) is 32.7 Å². The average molecular weight is 352 g/mol. The lowest BCUT2D eigenvalue weighted by molar-refractivity contribution is 0.0713. The van der Waals surface area contributed by atoms with Gasteiger partial charge in [0, 0.05) is 16.9 Å². The maximum Gasteiger partial charge on any atom is 0.274 e. The summed E-state index contributed by atoms with van der Waals surface area (Å²) in [7, 11) is 0. The number of benzene rings is 1. The van der Waals surface area contributed by atoms with Crippen molar-refractivity contribution in [1.29, 1.82) is 0 Å². The van der Waals surface area contributed by atoms with Gasteiger partial charge in [-0.1, -0.05) is 29.8 Å². The molecule has 5 heteroatoms. The SMILES string of the molecule is Cc1cccc(C(=O)N2N=C(c3cccs3)C[C@@H]2c2cccs2)c1. The number of nitrogens with zero attached hydrogens (tertiary/aromatic N) is 2. The summed E-state index contributed by atoms with van der Waals surface area (Å²) in [5.41, 5.74) is 2.76. The Morgan fingerprint density at radius 2 is 1.96 bits per heavy atom. The van der Waals surface area contributed by atoms with E-state index in [-0.39, 0.29) is 11.9 Å². The molecule has 0 aliphatic carbocycles. The lowest BCUT2D eigenvalue weighted by atomic mass is 10.1. The molecule has 3 nitrogen and oxygen atoms in total. The molecular weight excluding hydrogens is 336 g/mol. The smallest absolute Gasteiger partial charge is 0.267 e. The summed E-state index contributed by atoms with van der Waals surface area (Å²) in [6.07, 6.45) is 0.762. The molecule has 0 N–H and O–H groups in total. The highest BCUT2D eigenvalue weighted by atomic mass is 32.1. The van der Waals surface area contributed by atoms with Crippen LogP contribution in [0.2, 0.25) is 0 Å². The fourth-order valence-electron chi connectivity index (χ4n) is 2.90. The summed E-state index contributed by atoms with van der Waals surface area (Å²) in [4.78, 5) is 15.4. The molecule has 0 unspecified atom stereocenters. The fourth-order valence-corrected chi connectivity index (χ4v) is 4.43. The minimum atomic E-state index is -0.0383. The third-order valence-electron chi connectivity index (χ3n) is 4.06. The average Bonchev–Trinajstić information content (AvgIpc) is 3.32. The molecule has 1 aromatic carbocycles. The predicted octanol–water partition coefficient (Wildman–Crippen LogP) is 5.11. The second-order valence-electron chi connectivity index (χ2n) is 5.78. The molecule has 3 heterocycles. The molecule has 24 heavy (non-hydrogen) atoms. The van der Waals surface area contributed by atoms with Gasteiger partial charge in [-0.05, 0) is 41.9 Å². The number of thiophene rings is 2. The molecule has 2 aromatic heterocycles. The summed E-state index contributed by atoms with van der Waals surface area (Å²) in [6, 6.07) is 15.9. The minimum absolute atomic E-state index is 0.0184. The van der Waals surface area contributed by atoms with Crippen LogP contribution in [0.5, 0.6) is 0 Å². The molecule has 1 amide bonds. The zero-order chi connectivity index (χ0) is 16.5. The van der Waals surface area contributed by atoms with Gasteiger partial charge in [0.25, 0.3) is 5.91 Å². The molecule has 0 fully saturated rings. The number of hydrogen-bond donors (Lipinski definition) is 0. The van der Waals surface area contributed by atoms with E-state index in [0.717, 1.165) is 22.6 Å². The Kier molecular flexibility index (Phi) is 4.04. The van der Waals surface area contributed by atoms with E-state index in [9.17, 15) is 4.79 Å². The standard InChI is InChI=1S/C19H16N2OS2/c1-13-5-2-6-14(11-13)19(22)21-16(18-8-4-10-24-18)12-15(20-21)17-7-3-9-23-17/h2-11,16H,12H2,1H3/t16-/m1/s1. The van der Waals surface area contributed by atoms with Crippen molar-refractivity contribution in [1.82, 2.24) is 5.01 Å². The minimum Gasteiger partial charge on any atom is -0.267 e. The van der Waals surface area contributed by atoms with Gasteiger partial charge in [-0.3, -0.25) is 4.79 Å². The molecular formula is C19H16N2OS2. The van der Waals surface area contributed by atoms with E-state index in [2.05, 4.69) is 12.1 Å². The van der Waals surface area contributed by atoms with Gasteiger partial charge in [0.2, 0.25) is 0 Å². The van der Waals surface area contributed by atoms with E-state index in [4.69, 9.17) is 5.10 Å². The third-order valence-corrected chi connectivity index (χ3v) is 5.95. The van der Waals surface area contributed by atoms with Gasteiger partial charge in [0.15, 0.2) is 0 Å². The van der Waals surface area contributed by atoms with Crippen LogP contribution in [0.4, 0.5) is 0 Å². The molecule has 0 bridgehead atoms. The second kappa shape index (κ2) is 6.34. The Hall–Kier alpha value is -2.24. The predicted molar refractivity (Wildman–Crippen MR) is 99.9 cm³/mol. The summed E-state index contributed by atoms with van der Waals surface area (Å²) >= 11 is 3.34. The molecule has 120 valence electrons. The zero-order valence-corrected chi connectivity index (χ0v) is 14.8. The second-order valence-corrected chi connectivity index (χ2v) is 7.71. The van der Waals surface area contributed by atoms with E-state index in [1.165, 1.54) is 4.88 Å². The van der Waals surface area contributed by atoms with Crippen molar-refractivity contribution < 1.29 is 4.79 Å². The Morgan fingerprint density at radius 1 is 1.12 bits per heavy atom. The number of rotatable bonds is 3. The first-order valence-electron chi connectivity index (χ1n) is 7.77. The van der Waals surface area contributed by atoms with Crippen molar-refractivity contribution >= 4 is 34.3 Å². The molecule has 0 radical (unpaired) electrons. The first-order chi connectivity index (χ1) is 11.7. The molecule has 1 atom stereocenters. The van der Waals surface area contributed by atoms with Gasteiger partial charge in [0.05, 0.1) is 16.6 Å². The quantitative estimate of drug-likeness (QED) is 0.645. The normalized spacial score (nSPS) is 17.1. The van der Waals surface area contributed by atoms with Gasteiger partial charge >= 0.3 is 0 Å². The monoisotopic (exact) mass is 352 g/mol. The highest BCUT2D eigenvalue weighted by Gasteiger charge is 2.34. The van der Waals surface area contributed by atoms with Crippen LogP contribution in [0.15, 0.2) is 64.4 Å². The van der Waals surface area contributed by atoms with Crippen LogP contribution in [0.1, 0.15) is 38.1 Å². The summed E-state index contributed by atoms with van der Waals surface area (Å²) in [5, 5.41) is 10.4. The van der Waals surface area contributed by atoms with Crippen LogP contribution < -0.4 is 0 Å². The lowest BCUT2D eigenvalue weighted by Gasteiger charge is -2.20. The highest BCUT2D eigenvalue weighted by Crippen LogP contribution is 2.36. The van der Waals surface area contributed by atoms with Gasteiger partial charge in [-0.2, -0.15) is 5.10 Å². The number of amides is 1. The van der Waals surface area contributed by atoms with Crippen LogP contribution in [0.3, 0.4) is 0 Å². The highest BCUT2D eigenvalue weighted by molar-refractivity contribution is 7.12. The van der Waals surface area contributed by atoms with Crippen LogP contribution in [-0.4, -0.2) is 16.6 Å². The van der Waals surface area contributed by atoms with E-state index < -0.39 is 0 Å². The Balaban J connectivity index is 1.72. The number of hydrazone groups is 1. The number of hydrogen-bond acceptors (Lipinski definition) is 4. The van der Waals surface area contributed by atoms with E-state index >= 15 is 0 Å². The van der Waals surface area contributed by atoms with Gasteiger partial charge in [-0.15, -0.1) is 22.7 Å². The van der Waals surface area contributed by atoms with Crippen molar-refractivity contribution in [3.05, 3.63) is 80.2 Å². The van der Waals surface area contributed by atoms with E-state index in [0.29, 0.717) is 5.56 Å². The molecule has 4 rings (SSSR count). The number of aryl methyl sites for hydroxylation is 1. The number of carbonyl (C=O) groups is 1. The van der Waals surface area contributed by atoms with Crippen molar-refractivity contribution in [2.24, 2.45) is 5.10 Å². The maximum absolute atomic E-state index is 13.0. The Morgan fingerprint density at radius 3 is 2.67 bits per heavy atom. The van der Waals surface area contributed by atoms with Crippen molar-refractivity contribution in [3.63, 3.8) is 0 Å². The third kappa shape index (κ3) is 2.81. The largest absolute Gasteiger partial charge is 0.274 e. The summed E-state index contributed by atoms with van der Waals surface area (Å²) in [6.45, 7) is 2.00. The van der Waals surface area contributed by atoms with Crippen LogP contribution in [0.25, 0.3) is 0 Å². The maximum atomic E-state index is 13.0.